The quantitative estimate of drug-likeness (QED) is 0.816. The average Bonchev–Trinajstić information content (AvgIpc) is 2.94. The molecule has 1 fully saturated rings. The van der Waals surface area contributed by atoms with Gasteiger partial charge in [0.1, 0.15) is 12.2 Å². The van der Waals surface area contributed by atoms with E-state index < -0.39 is 12.1 Å². The normalized spacial score (nSPS) is 18.6. The Labute approximate surface area is 116 Å². The predicted octanol–water partition coefficient (Wildman–Crippen LogP) is 1.61. The number of aromatic carboxylic acids is 1. The van der Waals surface area contributed by atoms with Gasteiger partial charge in [-0.15, -0.1) is 0 Å². The van der Waals surface area contributed by atoms with Crippen LogP contribution >= 0.6 is 0 Å². The zero-order valence-corrected chi connectivity index (χ0v) is 11.0. The number of aromatic nitrogens is 2. The molecule has 2 N–H and O–H groups in total. The lowest BCUT2D eigenvalue weighted by Gasteiger charge is -2.31. The van der Waals surface area contributed by atoms with E-state index in [-0.39, 0.29) is 18.1 Å². The summed E-state index contributed by atoms with van der Waals surface area (Å²) >= 11 is 0. The van der Waals surface area contributed by atoms with E-state index >= 15 is 0 Å². The molecule has 1 aromatic heterocycles. The fraction of sp³-hybridized carbons (Fsp3) is 0.462. The Hall–Kier alpha value is -2.31. The molecule has 108 valence electrons. The molecule has 1 saturated heterocycles. The maximum atomic E-state index is 11.8. The van der Waals surface area contributed by atoms with Crippen LogP contribution in [0.5, 0.6) is 0 Å². The summed E-state index contributed by atoms with van der Waals surface area (Å²) in [6.45, 7) is 4.70. The third kappa shape index (κ3) is 2.98. The third-order valence-electron chi connectivity index (χ3n) is 3.31. The summed E-state index contributed by atoms with van der Waals surface area (Å²) in [6.07, 6.45) is 4.02. The number of amides is 1. The third-order valence-corrected chi connectivity index (χ3v) is 3.31. The van der Waals surface area contributed by atoms with Crippen molar-refractivity contribution in [2.24, 2.45) is 0 Å². The van der Waals surface area contributed by atoms with E-state index in [1.165, 1.54) is 12.3 Å². The Morgan fingerprint density at radius 1 is 1.65 bits per heavy atom. The zero-order chi connectivity index (χ0) is 14.5. The van der Waals surface area contributed by atoms with Crippen molar-refractivity contribution in [1.29, 1.82) is 0 Å². The van der Waals surface area contributed by atoms with Crippen molar-refractivity contribution >= 4 is 12.1 Å². The second-order valence-electron chi connectivity index (χ2n) is 4.65. The first-order valence-corrected chi connectivity index (χ1v) is 6.42. The molecule has 0 aromatic carbocycles. The summed E-state index contributed by atoms with van der Waals surface area (Å²) < 4.78 is 5.00. The van der Waals surface area contributed by atoms with Crippen LogP contribution in [0.2, 0.25) is 0 Å². The number of piperidine rings is 1. The average molecular weight is 279 g/mol. The Morgan fingerprint density at radius 2 is 2.45 bits per heavy atom. The summed E-state index contributed by atoms with van der Waals surface area (Å²) in [6, 6.07) is 0. The summed E-state index contributed by atoms with van der Waals surface area (Å²) in [7, 11) is 0. The molecule has 0 saturated carbocycles. The van der Waals surface area contributed by atoms with Crippen LogP contribution in [-0.4, -0.2) is 52.0 Å². The Balaban J connectivity index is 2.06. The standard InChI is InChI=1S/C13H17N3O4/c1-2-6-20-13(19)16-5-3-4-9(8-16)11-10(12(17)18)7-14-15-11/h2,7,9H,1,3-6,8H2,(H,14,15)(H,17,18). The Kier molecular flexibility index (Phi) is 4.39. The number of aromatic amines is 1. The fourth-order valence-corrected chi connectivity index (χ4v) is 2.38. The van der Waals surface area contributed by atoms with Gasteiger partial charge in [-0.3, -0.25) is 5.10 Å². The van der Waals surface area contributed by atoms with Crippen molar-refractivity contribution in [3.05, 3.63) is 30.1 Å². The number of hydrogen-bond acceptors (Lipinski definition) is 4. The number of rotatable bonds is 4. The summed E-state index contributed by atoms with van der Waals surface area (Å²) in [5, 5.41) is 15.6. The van der Waals surface area contributed by atoms with Gasteiger partial charge in [0.05, 0.1) is 11.9 Å². The number of nitrogens with one attached hydrogen (secondary N) is 1. The highest BCUT2D eigenvalue weighted by molar-refractivity contribution is 5.88. The van der Waals surface area contributed by atoms with E-state index in [0.717, 1.165) is 12.8 Å². The summed E-state index contributed by atoms with van der Waals surface area (Å²) in [5.41, 5.74) is 0.732. The molecule has 1 aromatic rings. The Bertz CT molecular complexity index is 511. The largest absolute Gasteiger partial charge is 0.478 e. The number of hydrogen-bond donors (Lipinski definition) is 2. The molecule has 1 aliphatic heterocycles. The first-order valence-electron chi connectivity index (χ1n) is 6.42. The number of nitrogens with zero attached hydrogens (tertiary/aromatic N) is 2. The van der Waals surface area contributed by atoms with E-state index in [4.69, 9.17) is 9.84 Å². The molecule has 20 heavy (non-hydrogen) atoms. The number of carbonyl (C=O) groups excluding carboxylic acids is 1. The number of carbonyl (C=O) groups is 2. The minimum atomic E-state index is -1.01. The minimum Gasteiger partial charge on any atom is -0.478 e. The number of H-pyrrole nitrogens is 1. The van der Waals surface area contributed by atoms with Crippen LogP contribution in [0.3, 0.4) is 0 Å². The molecule has 7 nitrogen and oxygen atoms in total. The lowest BCUT2D eigenvalue weighted by atomic mass is 9.93. The van der Waals surface area contributed by atoms with Crippen LogP contribution in [0.15, 0.2) is 18.9 Å². The maximum Gasteiger partial charge on any atom is 0.410 e. The minimum absolute atomic E-state index is 0.0615. The monoisotopic (exact) mass is 279 g/mol. The van der Waals surface area contributed by atoms with Gasteiger partial charge < -0.3 is 14.7 Å². The van der Waals surface area contributed by atoms with E-state index in [1.54, 1.807) is 4.90 Å². The second kappa shape index (κ2) is 6.23. The highest BCUT2D eigenvalue weighted by Crippen LogP contribution is 2.28. The van der Waals surface area contributed by atoms with Crippen LogP contribution in [0.4, 0.5) is 4.79 Å². The predicted molar refractivity (Wildman–Crippen MR) is 70.6 cm³/mol. The molecule has 2 rings (SSSR count). The number of ether oxygens (including phenoxy) is 1. The van der Waals surface area contributed by atoms with E-state index in [9.17, 15) is 9.59 Å². The first-order chi connectivity index (χ1) is 9.63. The van der Waals surface area contributed by atoms with Crippen LogP contribution in [0, 0.1) is 0 Å². The Morgan fingerprint density at radius 3 is 3.15 bits per heavy atom. The molecule has 1 unspecified atom stereocenters. The lowest BCUT2D eigenvalue weighted by Crippen LogP contribution is -2.39. The SMILES string of the molecule is C=CCOC(=O)N1CCCC(c2[nH]ncc2C(=O)O)C1. The van der Waals surface area contributed by atoms with Crippen molar-refractivity contribution in [3.63, 3.8) is 0 Å². The number of carboxylic acids is 1. The van der Waals surface area contributed by atoms with Gasteiger partial charge >= 0.3 is 12.1 Å². The highest BCUT2D eigenvalue weighted by Gasteiger charge is 2.29. The smallest absolute Gasteiger partial charge is 0.410 e. The van der Waals surface area contributed by atoms with Crippen LogP contribution in [0.1, 0.15) is 34.8 Å². The molecule has 0 bridgehead atoms. The molecule has 0 spiro atoms. The van der Waals surface area contributed by atoms with E-state index in [2.05, 4.69) is 16.8 Å². The maximum absolute atomic E-state index is 11.8. The molecule has 0 aliphatic carbocycles. The van der Waals surface area contributed by atoms with Crippen LogP contribution < -0.4 is 0 Å². The molecule has 2 heterocycles. The summed E-state index contributed by atoms with van der Waals surface area (Å²) in [4.78, 5) is 24.5. The van der Waals surface area contributed by atoms with E-state index in [1.807, 2.05) is 0 Å². The molecule has 1 aliphatic rings. The topological polar surface area (TPSA) is 95.5 Å². The number of carboxylic acid groups (broad SMARTS) is 1. The zero-order valence-electron chi connectivity index (χ0n) is 11.0. The van der Waals surface area contributed by atoms with Gasteiger partial charge in [0.25, 0.3) is 0 Å². The van der Waals surface area contributed by atoms with Crippen molar-refractivity contribution in [2.45, 2.75) is 18.8 Å². The van der Waals surface area contributed by atoms with Gasteiger partial charge in [0, 0.05) is 19.0 Å². The van der Waals surface area contributed by atoms with Crippen molar-refractivity contribution in [2.75, 3.05) is 19.7 Å². The van der Waals surface area contributed by atoms with Gasteiger partial charge in [-0.2, -0.15) is 5.10 Å². The van der Waals surface area contributed by atoms with Crippen LogP contribution in [-0.2, 0) is 4.74 Å². The van der Waals surface area contributed by atoms with Gasteiger partial charge in [0.15, 0.2) is 0 Å². The fourth-order valence-electron chi connectivity index (χ4n) is 2.38. The van der Waals surface area contributed by atoms with Gasteiger partial charge in [-0.25, -0.2) is 9.59 Å². The van der Waals surface area contributed by atoms with Gasteiger partial charge in [-0.05, 0) is 12.8 Å². The van der Waals surface area contributed by atoms with Gasteiger partial charge in [0.2, 0.25) is 0 Å². The van der Waals surface area contributed by atoms with E-state index in [0.29, 0.717) is 18.8 Å². The highest BCUT2D eigenvalue weighted by atomic mass is 16.6. The van der Waals surface area contributed by atoms with Gasteiger partial charge in [-0.1, -0.05) is 12.7 Å². The second-order valence-corrected chi connectivity index (χ2v) is 4.65. The lowest BCUT2D eigenvalue weighted by molar-refractivity contribution is 0.0694. The summed E-state index contributed by atoms with van der Waals surface area (Å²) in [5.74, 6) is -1.08. The van der Waals surface area contributed by atoms with Crippen LogP contribution in [0.25, 0.3) is 0 Å². The first kappa shape index (κ1) is 14.1. The molecule has 7 heteroatoms. The molecular weight excluding hydrogens is 262 g/mol. The molecular formula is C13H17N3O4. The van der Waals surface area contributed by atoms with Crippen molar-refractivity contribution in [3.8, 4) is 0 Å². The molecule has 1 amide bonds. The molecule has 1 atom stereocenters. The number of likely N-dealkylation sites (tertiary alicyclic amines) is 1. The van der Waals surface area contributed by atoms with Crippen molar-refractivity contribution < 1.29 is 19.4 Å². The molecule has 0 radical (unpaired) electrons. The van der Waals surface area contributed by atoms with Crippen molar-refractivity contribution in [1.82, 2.24) is 15.1 Å².